The van der Waals surface area contributed by atoms with Crippen molar-refractivity contribution in [2.24, 2.45) is 11.3 Å². The van der Waals surface area contributed by atoms with E-state index in [1.54, 1.807) is 0 Å². The van der Waals surface area contributed by atoms with E-state index in [4.69, 9.17) is 0 Å². The van der Waals surface area contributed by atoms with E-state index in [1.807, 2.05) is 6.08 Å². The summed E-state index contributed by atoms with van der Waals surface area (Å²) in [4.78, 5) is 0. The Kier molecular flexibility index (Phi) is 2.07. The molecular weight excluding hydrogens is 160 g/mol. The molecule has 0 aromatic carbocycles. The van der Waals surface area contributed by atoms with E-state index in [2.05, 4.69) is 19.6 Å². The maximum atomic E-state index is 10.00. The van der Waals surface area contributed by atoms with Gasteiger partial charge in [-0.3, -0.25) is 0 Å². The van der Waals surface area contributed by atoms with Crippen LogP contribution >= 0.6 is 0 Å². The minimum absolute atomic E-state index is 0.0591. The molecule has 0 aromatic rings. The minimum atomic E-state index is -0.306. The topological polar surface area (TPSA) is 20.2 Å². The van der Waals surface area contributed by atoms with Gasteiger partial charge in [0.05, 0.1) is 6.10 Å². The quantitative estimate of drug-likeness (QED) is 0.604. The predicted molar refractivity (Wildman–Crippen MR) is 54.4 cm³/mol. The van der Waals surface area contributed by atoms with Crippen LogP contribution in [0.3, 0.4) is 0 Å². The Balaban J connectivity index is 2.14. The van der Waals surface area contributed by atoms with E-state index in [9.17, 15) is 5.11 Å². The molecule has 1 nitrogen and oxygen atoms in total. The molecule has 2 aliphatic rings. The van der Waals surface area contributed by atoms with Gasteiger partial charge in [0.2, 0.25) is 0 Å². The number of hydrogen-bond donors (Lipinski definition) is 1. The van der Waals surface area contributed by atoms with Crippen molar-refractivity contribution in [3.63, 3.8) is 0 Å². The monoisotopic (exact) mass is 178 g/mol. The molecule has 0 heterocycles. The average Bonchev–Trinajstić information content (AvgIpc) is 2.40. The van der Waals surface area contributed by atoms with Crippen LogP contribution in [0.15, 0.2) is 24.3 Å². The lowest BCUT2D eigenvalue weighted by molar-refractivity contribution is 0.0587. The Hall–Kier alpha value is -0.560. The molecule has 0 amide bonds. The van der Waals surface area contributed by atoms with Gasteiger partial charge < -0.3 is 5.11 Å². The lowest BCUT2D eigenvalue weighted by Gasteiger charge is -2.37. The summed E-state index contributed by atoms with van der Waals surface area (Å²) in [6.07, 6.45) is 8.63. The predicted octanol–water partition coefficient (Wildman–Crippen LogP) is 2.67. The highest BCUT2D eigenvalue weighted by Crippen LogP contribution is 2.47. The molecule has 1 fully saturated rings. The second kappa shape index (κ2) is 2.98. The maximum absolute atomic E-state index is 10.00. The summed E-state index contributed by atoms with van der Waals surface area (Å²) in [6, 6.07) is 0. The van der Waals surface area contributed by atoms with Gasteiger partial charge in [-0.25, -0.2) is 0 Å². The summed E-state index contributed by atoms with van der Waals surface area (Å²) in [7, 11) is 0. The second-order valence-electron chi connectivity index (χ2n) is 4.73. The van der Waals surface area contributed by atoms with Crippen molar-refractivity contribution in [3.8, 4) is 0 Å². The van der Waals surface area contributed by atoms with Crippen LogP contribution in [0.5, 0.6) is 0 Å². The molecule has 1 spiro atoms. The van der Waals surface area contributed by atoms with Crippen LogP contribution in [0.2, 0.25) is 0 Å². The average molecular weight is 178 g/mol. The normalized spacial score (nSPS) is 44.6. The van der Waals surface area contributed by atoms with Gasteiger partial charge in [-0.2, -0.15) is 0 Å². The van der Waals surface area contributed by atoms with Gasteiger partial charge in [0.1, 0.15) is 0 Å². The maximum Gasteiger partial charge on any atom is 0.0874 e. The SMILES string of the molecule is C=C1C=CC2(CCC(C)CC2)C1O. The number of aliphatic hydroxyl groups excluding tert-OH is 1. The third kappa shape index (κ3) is 1.35. The first-order valence-corrected chi connectivity index (χ1v) is 5.20. The third-order valence-electron chi connectivity index (χ3n) is 3.73. The van der Waals surface area contributed by atoms with E-state index in [1.165, 1.54) is 12.8 Å². The first-order valence-electron chi connectivity index (χ1n) is 5.20. The van der Waals surface area contributed by atoms with Gasteiger partial charge in [0.15, 0.2) is 0 Å². The molecule has 13 heavy (non-hydrogen) atoms. The first-order chi connectivity index (χ1) is 6.14. The largest absolute Gasteiger partial charge is 0.388 e. The second-order valence-corrected chi connectivity index (χ2v) is 4.73. The van der Waals surface area contributed by atoms with Crippen LogP contribution in [0.4, 0.5) is 0 Å². The summed E-state index contributed by atoms with van der Waals surface area (Å²) < 4.78 is 0. The van der Waals surface area contributed by atoms with Gasteiger partial charge in [0, 0.05) is 5.41 Å². The standard InChI is InChI=1S/C12H18O/c1-9-3-6-12(7-4-9)8-5-10(2)11(12)13/h5,8-9,11,13H,2-4,6-7H2,1H3. The fourth-order valence-corrected chi connectivity index (χ4v) is 2.56. The molecule has 1 saturated carbocycles. The Morgan fingerprint density at radius 2 is 2.08 bits per heavy atom. The fourth-order valence-electron chi connectivity index (χ4n) is 2.56. The zero-order valence-corrected chi connectivity index (χ0v) is 8.29. The Labute approximate surface area is 80.2 Å². The van der Waals surface area contributed by atoms with Gasteiger partial charge in [-0.05, 0) is 37.2 Å². The summed E-state index contributed by atoms with van der Waals surface area (Å²) in [5.41, 5.74) is 0.957. The molecule has 0 aromatic heterocycles. The summed E-state index contributed by atoms with van der Waals surface area (Å²) in [5, 5.41) is 10.00. The number of hydrogen-bond acceptors (Lipinski definition) is 1. The van der Waals surface area contributed by atoms with Gasteiger partial charge in [0.25, 0.3) is 0 Å². The lowest BCUT2D eigenvalue weighted by Crippen LogP contribution is -2.34. The molecule has 1 N–H and O–H groups in total. The van der Waals surface area contributed by atoms with Gasteiger partial charge in [-0.15, -0.1) is 0 Å². The van der Waals surface area contributed by atoms with Crippen molar-refractivity contribution < 1.29 is 5.11 Å². The third-order valence-corrected chi connectivity index (χ3v) is 3.73. The minimum Gasteiger partial charge on any atom is -0.388 e. The van der Waals surface area contributed by atoms with Crippen LogP contribution in [-0.4, -0.2) is 11.2 Å². The Morgan fingerprint density at radius 3 is 2.54 bits per heavy atom. The molecule has 1 unspecified atom stereocenters. The zero-order chi connectivity index (χ0) is 9.47. The van der Waals surface area contributed by atoms with E-state index >= 15 is 0 Å². The lowest BCUT2D eigenvalue weighted by atomic mass is 9.69. The summed E-state index contributed by atoms with van der Waals surface area (Å²) >= 11 is 0. The molecule has 2 aliphatic carbocycles. The Bertz CT molecular complexity index is 244. The van der Waals surface area contributed by atoms with Crippen LogP contribution in [0.1, 0.15) is 32.6 Å². The smallest absolute Gasteiger partial charge is 0.0874 e. The highest BCUT2D eigenvalue weighted by atomic mass is 16.3. The van der Waals surface area contributed by atoms with Crippen molar-refractivity contribution in [1.29, 1.82) is 0 Å². The molecule has 0 radical (unpaired) electrons. The highest BCUT2D eigenvalue weighted by Gasteiger charge is 2.42. The van der Waals surface area contributed by atoms with Crippen LogP contribution < -0.4 is 0 Å². The van der Waals surface area contributed by atoms with E-state index in [0.29, 0.717) is 0 Å². The molecule has 1 heteroatoms. The molecule has 0 bridgehead atoms. The zero-order valence-electron chi connectivity index (χ0n) is 8.29. The Morgan fingerprint density at radius 1 is 1.46 bits per heavy atom. The van der Waals surface area contributed by atoms with Crippen molar-refractivity contribution in [1.82, 2.24) is 0 Å². The van der Waals surface area contributed by atoms with Crippen molar-refractivity contribution in [2.75, 3.05) is 0 Å². The molecule has 1 atom stereocenters. The molecule has 0 aliphatic heterocycles. The van der Waals surface area contributed by atoms with E-state index in [0.717, 1.165) is 24.3 Å². The van der Waals surface area contributed by atoms with Crippen LogP contribution in [0.25, 0.3) is 0 Å². The van der Waals surface area contributed by atoms with Crippen molar-refractivity contribution in [3.05, 3.63) is 24.3 Å². The van der Waals surface area contributed by atoms with Crippen LogP contribution in [0, 0.1) is 11.3 Å². The van der Waals surface area contributed by atoms with Crippen LogP contribution in [-0.2, 0) is 0 Å². The number of aliphatic hydroxyl groups is 1. The number of rotatable bonds is 0. The molecule has 72 valence electrons. The summed E-state index contributed by atoms with van der Waals surface area (Å²) in [5.74, 6) is 0.833. The molecular formula is C12H18O. The van der Waals surface area contributed by atoms with Gasteiger partial charge in [-0.1, -0.05) is 25.7 Å². The fraction of sp³-hybridized carbons (Fsp3) is 0.667. The van der Waals surface area contributed by atoms with Gasteiger partial charge >= 0.3 is 0 Å². The highest BCUT2D eigenvalue weighted by molar-refractivity contribution is 5.33. The molecule has 0 saturated heterocycles. The van der Waals surface area contributed by atoms with Crippen molar-refractivity contribution in [2.45, 2.75) is 38.7 Å². The summed E-state index contributed by atoms with van der Waals surface area (Å²) in [6.45, 7) is 6.17. The van der Waals surface area contributed by atoms with Crippen molar-refractivity contribution >= 4 is 0 Å². The first kappa shape index (κ1) is 9.01. The van der Waals surface area contributed by atoms with E-state index < -0.39 is 0 Å². The molecule has 2 rings (SSSR count). The van der Waals surface area contributed by atoms with E-state index in [-0.39, 0.29) is 11.5 Å².